The van der Waals surface area contributed by atoms with Gasteiger partial charge in [0.25, 0.3) is 0 Å². The van der Waals surface area contributed by atoms with Crippen molar-refractivity contribution < 1.29 is 9.53 Å². The van der Waals surface area contributed by atoms with Crippen molar-refractivity contribution in [1.82, 2.24) is 14.4 Å². The molecule has 0 aliphatic carbocycles. The third-order valence-electron chi connectivity index (χ3n) is 7.22. The number of thiophene rings is 1. The number of anilines is 1. The Bertz CT molecular complexity index is 1420. The summed E-state index contributed by atoms with van der Waals surface area (Å²) in [6, 6.07) is 19.9. The van der Waals surface area contributed by atoms with Gasteiger partial charge in [0, 0.05) is 35.4 Å². The summed E-state index contributed by atoms with van der Waals surface area (Å²) in [4.78, 5) is 19.8. The monoisotopic (exact) mass is 498 g/mol. The highest BCUT2D eigenvalue weighted by atomic mass is 32.1. The van der Waals surface area contributed by atoms with Crippen molar-refractivity contribution in [2.45, 2.75) is 32.5 Å². The first-order chi connectivity index (χ1) is 17.5. The Morgan fingerprint density at radius 2 is 1.89 bits per heavy atom. The van der Waals surface area contributed by atoms with Crippen LogP contribution in [0, 0.1) is 6.92 Å². The van der Waals surface area contributed by atoms with E-state index < -0.39 is 0 Å². The van der Waals surface area contributed by atoms with Crippen molar-refractivity contribution in [3.05, 3.63) is 99.7 Å². The molecule has 36 heavy (non-hydrogen) atoms. The van der Waals surface area contributed by atoms with Crippen LogP contribution in [-0.2, 0) is 19.5 Å². The average molecular weight is 499 g/mol. The van der Waals surface area contributed by atoms with E-state index >= 15 is 0 Å². The predicted molar refractivity (Wildman–Crippen MR) is 144 cm³/mol. The first-order valence-corrected chi connectivity index (χ1v) is 13.1. The maximum absolute atomic E-state index is 14.0. The van der Waals surface area contributed by atoms with Gasteiger partial charge in [-0.05, 0) is 73.5 Å². The Balaban J connectivity index is 1.48. The Kier molecular flexibility index (Phi) is 5.82. The number of nitrogens with one attached hydrogen (secondary N) is 1. The normalized spacial score (nSPS) is 17.1. The Morgan fingerprint density at radius 3 is 2.67 bits per heavy atom. The van der Waals surface area contributed by atoms with E-state index in [1.807, 2.05) is 59.6 Å². The Hall–Kier alpha value is -3.55. The first kappa shape index (κ1) is 22.9. The number of carbonyl (C=O) groups is 1. The standard InChI is InChI=1S/C29H30N4O2S/c1-19-6-4-7-21(16-19)30-29(34)33-17-24-23-13-15-31(2)18-26(23)36-28(24)32-14-5-8-25(32)27(33)20-9-11-22(35-3)12-10-20/h4-12,14,16,27H,13,15,17-18H2,1-3H3,(H,30,34)/t27-/m1/s1. The number of hydrogen-bond acceptors (Lipinski definition) is 4. The van der Waals surface area contributed by atoms with Gasteiger partial charge in [-0.1, -0.05) is 24.3 Å². The van der Waals surface area contributed by atoms with Gasteiger partial charge in [0.15, 0.2) is 0 Å². The fourth-order valence-electron chi connectivity index (χ4n) is 5.41. The fraction of sp³-hybridized carbons (Fsp3) is 0.276. The van der Waals surface area contributed by atoms with Crippen molar-refractivity contribution in [2.24, 2.45) is 0 Å². The van der Waals surface area contributed by atoms with Crippen LogP contribution in [0.3, 0.4) is 0 Å². The van der Waals surface area contributed by atoms with Gasteiger partial charge >= 0.3 is 6.03 Å². The zero-order valence-corrected chi connectivity index (χ0v) is 21.6. The number of hydrogen-bond donors (Lipinski definition) is 1. The van der Waals surface area contributed by atoms with E-state index in [9.17, 15) is 4.79 Å². The molecule has 0 radical (unpaired) electrons. The number of nitrogens with zero attached hydrogens (tertiary/aromatic N) is 3. The lowest BCUT2D eigenvalue weighted by molar-refractivity contribution is 0.194. The summed E-state index contributed by atoms with van der Waals surface area (Å²) in [6.07, 6.45) is 3.15. The number of amides is 2. The summed E-state index contributed by atoms with van der Waals surface area (Å²) in [6.45, 7) is 4.59. The van der Waals surface area contributed by atoms with Gasteiger partial charge in [0.2, 0.25) is 0 Å². The van der Waals surface area contributed by atoms with E-state index in [0.29, 0.717) is 6.54 Å². The van der Waals surface area contributed by atoms with Crippen LogP contribution in [0.15, 0.2) is 66.9 Å². The smallest absolute Gasteiger partial charge is 0.322 e. The van der Waals surface area contributed by atoms with Crippen molar-refractivity contribution >= 4 is 23.1 Å². The summed E-state index contributed by atoms with van der Waals surface area (Å²) >= 11 is 1.87. The summed E-state index contributed by atoms with van der Waals surface area (Å²) in [5, 5.41) is 4.42. The second kappa shape index (κ2) is 9.15. The molecule has 6 nitrogen and oxygen atoms in total. The first-order valence-electron chi connectivity index (χ1n) is 12.3. The van der Waals surface area contributed by atoms with Gasteiger partial charge in [-0.2, -0.15) is 0 Å². The molecule has 7 heteroatoms. The number of aromatic nitrogens is 1. The van der Waals surface area contributed by atoms with Crippen molar-refractivity contribution in [1.29, 1.82) is 0 Å². The molecule has 2 aliphatic rings. The number of urea groups is 1. The molecule has 0 bridgehead atoms. The average Bonchev–Trinajstić information content (AvgIpc) is 3.45. The van der Waals surface area contributed by atoms with Crippen molar-refractivity contribution in [3.63, 3.8) is 0 Å². The van der Waals surface area contributed by atoms with Crippen LogP contribution in [0.5, 0.6) is 5.75 Å². The number of fused-ring (bicyclic) bond motifs is 5. The van der Waals surface area contributed by atoms with E-state index in [1.54, 1.807) is 7.11 Å². The molecule has 4 aromatic rings. The maximum Gasteiger partial charge on any atom is 0.322 e. The molecule has 1 atom stereocenters. The van der Waals surface area contributed by atoms with Crippen LogP contribution in [0.25, 0.3) is 5.00 Å². The maximum atomic E-state index is 14.0. The van der Waals surface area contributed by atoms with Gasteiger partial charge in [0.05, 0.1) is 25.4 Å². The second-order valence-corrected chi connectivity index (χ2v) is 10.8. The van der Waals surface area contributed by atoms with Gasteiger partial charge in [-0.3, -0.25) is 0 Å². The lowest BCUT2D eigenvalue weighted by atomic mass is 10.00. The summed E-state index contributed by atoms with van der Waals surface area (Å²) < 4.78 is 7.71. The third-order valence-corrected chi connectivity index (χ3v) is 8.48. The van der Waals surface area contributed by atoms with E-state index in [4.69, 9.17) is 4.74 Å². The molecule has 184 valence electrons. The molecule has 0 spiro atoms. The van der Waals surface area contributed by atoms with Crippen LogP contribution >= 0.6 is 11.3 Å². The Morgan fingerprint density at radius 1 is 1.06 bits per heavy atom. The number of ether oxygens (including phenoxy) is 1. The van der Waals surface area contributed by atoms with E-state index in [2.05, 4.69) is 52.3 Å². The quantitative estimate of drug-likeness (QED) is 0.378. The van der Waals surface area contributed by atoms with Gasteiger partial charge < -0.3 is 24.4 Å². The molecule has 0 unspecified atom stereocenters. The topological polar surface area (TPSA) is 49.7 Å². The molecule has 0 saturated heterocycles. The van der Waals surface area contributed by atoms with Crippen LogP contribution in [0.4, 0.5) is 10.5 Å². The van der Waals surface area contributed by atoms with Crippen LogP contribution < -0.4 is 10.1 Å². The fourth-order valence-corrected chi connectivity index (χ4v) is 6.85. The van der Waals surface area contributed by atoms with Crippen LogP contribution in [0.1, 0.15) is 38.9 Å². The minimum Gasteiger partial charge on any atom is -0.497 e. The predicted octanol–water partition coefficient (Wildman–Crippen LogP) is 5.98. The molecule has 4 heterocycles. The van der Waals surface area contributed by atoms with Crippen molar-refractivity contribution in [2.75, 3.05) is 26.0 Å². The zero-order valence-electron chi connectivity index (χ0n) is 20.8. The third kappa shape index (κ3) is 3.98. The van der Waals surface area contributed by atoms with Gasteiger partial charge in [0.1, 0.15) is 10.8 Å². The van der Waals surface area contributed by atoms with Crippen LogP contribution in [-0.4, -0.2) is 41.1 Å². The number of carbonyl (C=O) groups excluding carboxylic acids is 1. The largest absolute Gasteiger partial charge is 0.497 e. The number of aryl methyl sites for hydroxylation is 1. The van der Waals surface area contributed by atoms with E-state index in [-0.39, 0.29) is 12.1 Å². The molecule has 2 amide bonds. The Labute approximate surface area is 215 Å². The molecule has 1 N–H and O–H groups in total. The minimum atomic E-state index is -0.239. The van der Waals surface area contributed by atoms with Gasteiger partial charge in [-0.15, -0.1) is 11.3 Å². The SMILES string of the molecule is COc1ccc([C@@H]2c3cccn3-c3sc4c(c3CN2C(=O)Nc2cccc(C)c2)CCN(C)C4)cc1. The second-order valence-electron chi connectivity index (χ2n) is 9.68. The molecule has 0 fully saturated rings. The lowest BCUT2D eigenvalue weighted by Crippen LogP contribution is -2.38. The summed E-state index contributed by atoms with van der Waals surface area (Å²) in [5.41, 5.74) is 6.75. The van der Waals surface area contributed by atoms with Gasteiger partial charge in [-0.25, -0.2) is 4.79 Å². The highest BCUT2D eigenvalue weighted by molar-refractivity contribution is 7.15. The number of rotatable bonds is 3. The highest BCUT2D eigenvalue weighted by Gasteiger charge is 2.36. The molecular weight excluding hydrogens is 468 g/mol. The number of benzene rings is 2. The summed E-state index contributed by atoms with van der Waals surface area (Å²) in [7, 11) is 3.85. The molecule has 0 saturated carbocycles. The molecular formula is C29H30N4O2S. The van der Waals surface area contributed by atoms with Crippen molar-refractivity contribution in [3.8, 4) is 10.8 Å². The number of likely N-dealkylation sites (N-methyl/N-ethyl adjacent to an activating group) is 1. The van der Waals surface area contributed by atoms with Crippen LogP contribution in [0.2, 0.25) is 0 Å². The lowest BCUT2D eigenvalue weighted by Gasteiger charge is -2.32. The molecule has 6 rings (SSSR count). The highest BCUT2D eigenvalue weighted by Crippen LogP contribution is 2.43. The molecule has 2 aromatic carbocycles. The zero-order chi connectivity index (χ0) is 24.8. The minimum absolute atomic E-state index is 0.102. The number of methoxy groups -OCH3 is 1. The van der Waals surface area contributed by atoms with E-state index in [0.717, 1.165) is 47.8 Å². The van der Waals surface area contributed by atoms with E-state index in [1.165, 1.54) is 21.0 Å². The summed E-state index contributed by atoms with van der Waals surface area (Å²) in [5.74, 6) is 0.802. The molecule has 2 aromatic heterocycles. The molecule has 2 aliphatic heterocycles.